The maximum atomic E-state index is 6.01. The number of methoxy groups -OCH3 is 1. The van der Waals surface area contributed by atoms with E-state index in [-0.39, 0.29) is 0 Å². The van der Waals surface area contributed by atoms with E-state index in [2.05, 4.69) is 23.4 Å². The molecule has 2 rings (SSSR count). The Morgan fingerprint density at radius 2 is 2.15 bits per heavy atom. The molecule has 1 aromatic carbocycles. The van der Waals surface area contributed by atoms with Gasteiger partial charge in [0.1, 0.15) is 5.75 Å². The topological polar surface area (TPSA) is 65.1 Å². The van der Waals surface area contributed by atoms with Gasteiger partial charge in [-0.15, -0.1) is 0 Å². The van der Waals surface area contributed by atoms with Crippen molar-refractivity contribution >= 4 is 11.4 Å². The van der Waals surface area contributed by atoms with Gasteiger partial charge in [0.25, 0.3) is 0 Å². The van der Waals surface area contributed by atoms with Crippen molar-refractivity contribution in [1.82, 2.24) is 9.78 Å². The minimum atomic E-state index is 0.654. The first-order chi connectivity index (χ1) is 9.61. The van der Waals surface area contributed by atoms with Gasteiger partial charge in [0.15, 0.2) is 0 Å². The number of nitrogens with one attached hydrogen (secondary N) is 1. The Morgan fingerprint density at radius 1 is 1.35 bits per heavy atom. The van der Waals surface area contributed by atoms with Crippen LogP contribution in [0.2, 0.25) is 0 Å². The molecule has 1 aromatic heterocycles. The molecule has 5 nitrogen and oxygen atoms in total. The third kappa shape index (κ3) is 3.23. The lowest BCUT2D eigenvalue weighted by Crippen LogP contribution is -2.10. The van der Waals surface area contributed by atoms with Crippen molar-refractivity contribution in [3.8, 4) is 5.75 Å². The first-order valence-corrected chi connectivity index (χ1v) is 6.79. The number of rotatable bonds is 6. The molecule has 0 amide bonds. The van der Waals surface area contributed by atoms with Crippen molar-refractivity contribution in [3.05, 3.63) is 35.7 Å². The summed E-state index contributed by atoms with van der Waals surface area (Å²) in [6, 6.07) is 7.84. The first-order valence-electron chi connectivity index (χ1n) is 6.79. The van der Waals surface area contributed by atoms with E-state index in [1.807, 2.05) is 29.8 Å². The van der Waals surface area contributed by atoms with Crippen LogP contribution in [0.4, 0.5) is 11.4 Å². The fraction of sp³-hybridized carbons (Fsp3) is 0.400. The number of aromatic nitrogens is 2. The Balaban J connectivity index is 1.86. The molecule has 2 aromatic rings. The normalized spacial score (nSPS) is 10.6. The molecule has 5 heteroatoms. The maximum Gasteiger partial charge on any atom is 0.143 e. The number of hydrogen-bond acceptors (Lipinski definition) is 4. The van der Waals surface area contributed by atoms with Crippen LogP contribution >= 0.6 is 0 Å². The van der Waals surface area contributed by atoms with Crippen LogP contribution in [-0.2, 0) is 6.54 Å². The van der Waals surface area contributed by atoms with Gasteiger partial charge < -0.3 is 15.8 Å². The Morgan fingerprint density at radius 3 is 2.80 bits per heavy atom. The molecule has 0 aliphatic heterocycles. The maximum absolute atomic E-state index is 6.01. The van der Waals surface area contributed by atoms with Crippen LogP contribution in [0.15, 0.2) is 24.3 Å². The van der Waals surface area contributed by atoms with E-state index in [1.165, 1.54) is 5.69 Å². The summed E-state index contributed by atoms with van der Waals surface area (Å²) in [6.07, 6.45) is 0.985. The summed E-state index contributed by atoms with van der Waals surface area (Å²) in [6.45, 7) is 5.83. The monoisotopic (exact) mass is 274 g/mol. The second kappa shape index (κ2) is 6.32. The highest BCUT2D eigenvalue weighted by Crippen LogP contribution is 2.28. The molecule has 1 heterocycles. The van der Waals surface area contributed by atoms with Crippen LogP contribution in [0.3, 0.4) is 0 Å². The number of nitrogen functional groups attached to an aromatic ring is 1. The van der Waals surface area contributed by atoms with E-state index < -0.39 is 0 Å². The second-order valence-corrected chi connectivity index (χ2v) is 4.85. The van der Waals surface area contributed by atoms with Crippen molar-refractivity contribution in [2.45, 2.75) is 26.8 Å². The molecule has 0 radical (unpaired) electrons. The van der Waals surface area contributed by atoms with Crippen LogP contribution in [0, 0.1) is 13.8 Å². The first kappa shape index (κ1) is 14.2. The second-order valence-electron chi connectivity index (χ2n) is 4.85. The number of nitrogens with zero attached hydrogens (tertiary/aromatic N) is 2. The van der Waals surface area contributed by atoms with Crippen molar-refractivity contribution in [2.75, 3.05) is 24.7 Å². The van der Waals surface area contributed by atoms with Gasteiger partial charge >= 0.3 is 0 Å². The summed E-state index contributed by atoms with van der Waals surface area (Å²) in [5, 5.41) is 7.78. The molecule has 0 saturated heterocycles. The quantitative estimate of drug-likeness (QED) is 0.627. The van der Waals surface area contributed by atoms with E-state index in [0.717, 1.165) is 30.9 Å². The lowest BCUT2D eigenvalue weighted by molar-refractivity contribution is 0.417. The summed E-state index contributed by atoms with van der Waals surface area (Å²) < 4.78 is 7.23. The Bertz CT molecular complexity index is 577. The highest BCUT2D eigenvalue weighted by Gasteiger charge is 2.04. The zero-order valence-electron chi connectivity index (χ0n) is 12.3. The minimum absolute atomic E-state index is 0.654. The van der Waals surface area contributed by atoms with Crippen molar-refractivity contribution < 1.29 is 4.74 Å². The highest BCUT2D eigenvalue weighted by atomic mass is 16.5. The molecule has 0 aliphatic carbocycles. The molecule has 0 aliphatic rings. The standard InChI is InChI=1S/C15H22N4O/c1-11-10-12(2)19(18-11)9-5-8-17-13-6-4-7-14(20-3)15(13)16/h4,6-7,10,17H,5,8-9,16H2,1-3H3. The molecule has 0 atom stereocenters. The summed E-state index contributed by atoms with van der Waals surface area (Å²) in [5.74, 6) is 0.702. The Kier molecular flexibility index (Phi) is 4.50. The molecule has 0 unspecified atom stereocenters. The van der Waals surface area contributed by atoms with Gasteiger partial charge in [-0.3, -0.25) is 4.68 Å². The number of ether oxygens (including phenoxy) is 1. The van der Waals surface area contributed by atoms with E-state index in [0.29, 0.717) is 11.4 Å². The molecule has 0 spiro atoms. The smallest absolute Gasteiger partial charge is 0.143 e. The molecular formula is C15H22N4O. The number of nitrogens with two attached hydrogens (primary N) is 1. The fourth-order valence-electron chi connectivity index (χ4n) is 2.23. The number of hydrogen-bond donors (Lipinski definition) is 2. The Labute approximate surface area is 119 Å². The van der Waals surface area contributed by atoms with Gasteiger partial charge in [0.2, 0.25) is 0 Å². The fourth-order valence-corrected chi connectivity index (χ4v) is 2.23. The predicted molar refractivity (Wildman–Crippen MR) is 82.2 cm³/mol. The van der Waals surface area contributed by atoms with E-state index in [9.17, 15) is 0 Å². The number of aryl methyl sites for hydroxylation is 3. The van der Waals surface area contributed by atoms with Crippen molar-refractivity contribution in [2.24, 2.45) is 0 Å². The molecule has 108 valence electrons. The molecular weight excluding hydrogens is 252 g/mol. The van der Waals surface area contributed by atoms with Crippen LogP contribution in [0.5, 0.6) is 5.75 Å². The van der Waals surface area contributed by atoms with Gasteiger partial charge in [-0.1, -0.05) is 6.07 Å². The van der Waals surface area contributed by atoms with Crippen LogP contribution < -0.4 is 15.8 Å². The number of benzene rings is 1. The van der Waals surface area contributed by atoms with Crippen LogP contribution in [-0.4, -0.2) is 23.4 Å². The van der Waals surface area contributed by atoms with Gasteiger partial charge in [0.05, 0.1) is 24.2 Å². The summed E-state index contributed by atoms with van der Waals surface area (Å²) in [4.78, 5) is 0. The lowest BCUT2D eigenvalue weighted by atomic mass is 10.2. The van der Waals surface area contributed by atoms with Gasteiger partial charge in [0, 0.05) is 18.8 Å². The molecule has 0 bridgehead atoms. The summed E-state index contributed by atoms with van der Waals surface area (Å²) in [5.41, 5.74) is 9.84. The van der Waals surface area contributed by atoms with Gasteiger partial charge in [-0.2, -0.15) is 5.10 Å². The number of para-hydroxylation sites is 1. The average molecular weight is 274 g/mol. The zero-order valence-corrected chi connectivity index (χ0v) is 12.3. The van der Waals surface area contributed by atoms with E-state index >= 15 is 0 Å². The molecule has 0 saturated carbocycles. The third-order valence-corrected chi connectivity index (χ3v) is 3.25. The average Bonchev–Trinajstić information content (AvgIpc) is 2.74. The van der Waals surface area contributed by atoms with Crippen molar-refractivity contribution in [3.63, 3.8) is 0 Å². The zero-order chi connectivity index (χ0) is 14.5. The SMILES string of the molecule is COc1cccc(NCCCn2nc(C)cc2C)c1N. The largest absolute Gasteiger partial charge is 0.495 e. The Hall–Kier alpha value is -2.17. The summed E-state index contributed by atoms with van der Waals surface area (Å²) in [7, 11) is 1.62. The minimum Gasteiger partial charge on any atom is -0.495 e. The molecule has 0 fully saturated rings. The predicted octanol–water partition coefficient (Wildman–Crippen LogP) is 2.59. The third-order valence-electron chi connectivity index (χ3n) is 3.25. The van der Waals surface area contributed by atoms with Gasteiger partial charge in [-0.25, -0.2) is 0 Å². The lowest BCUT2D eigenvalue weighted by Gasteiger charge is -2.12. The van der Waals surface area contributed by atoms with Crippen LogP contribution in [0.1, 0.15) is 17.8 Å². The molecule has 3 N–H and O–H groups in total. The van der Waals surface area contributed by atoms with Crippen molar-refractivity contribution in [1.29, 1.82) is 0 Å². The van der Waals surface area contributed by atoms with E-state index in [1.54, 1.807) is 7.11 Å². The number of anilines is 2. The summed E-state index contributed by atoms with van der Waals surface area (Å²) >= 11 is 0. The van der Waals surface area contributed by atoms with E-state index in [4.69, 9.17) is 10.5 Å². The van der Waals surface area contributed by atoms with Crippen LogP contribution in [0.25, 0.3) is 0 Å². The molecule has 20 heavy (non-hydrogen) atoms. The highest BCUT2D eigenvalue weighted by molar-refractivity contribution is 5.72. The van der Waals surface area contributed by atoms with Gasteiger partial charge in [-0.05, 0) is 38.5 Å².